The number of hydrogen-bond donors (Lipinski definition) is 2. The number of carboxylic acids is 1. The third-order valence-electron chi connectivity index (χ3n) is 2.35. The summed E-state index contributed by atoms with van der Waals surface area (Å²) >= 11 is 0. The molecule has 0 bridgehead atoms. The van der Waals surface area contributed by atoms with E-state index in [1.807, 2.05) is 6.92 Å². The Morgan fingerprint density at radius 2 is 2.05 bits per heavy atom. The highest BCUT2D eigenvalue weighted by atomic mass is 16.5. The highest BCUT2D eigenvalue weighted by Gasteiger charge is 2.11. The first kappa shape index (κ1) is 14.8. The van der Waals surface area contributed by atoms with Gasteiger partial charge in [0, 0.05) is 12.1 Å². The van der Waals surface area contributed by atoms with E-state index < -0.39 is 5.97 Å². The van der Waals surface area contributed by atoms with Crippen LogP contribution in [0.4, 0.5) is 0 Å². The van der Waals surface area contributed by atoms with Crippen LogP contribution in [0, 0.1) is 0 Å². The van der Waals surface area contributed by atoms with Gasteiger partial charge in [-0.15, -0.1) is 0 Å². The van der Waals surface area contributed by atoms with Crippen LogP contribution < -0.4 is 14.8 Å². The van der Waals surface area contributed by atoms with Gasteiger partial charge in [0.15, 0.2) is 11.5 Å². The third kappa shape index (κ3) is 4.50. The van der Waals surface area contributed by atoms with Crippen molar-refractivity contribution in [3.8, 4) is 11.5 Å². The topological polar surface area (TPSA) is 84.9 Å². The molecule has 0 aliphatic heterocycles. The van der Waals surface area contributed by atoms with Crippen molar-refractivity contribution in [3.05, 3.63) is 23.8 Å². The molecule has 0 radical (unpaired) electrons. The second kappa shape index (κ2) is 7.25. The van der Waals surface area contributed by atoms with Crippen molar-refractivity contribution in [2.45, 2.75) is 13.3 Å². The molecule has 0 saturated carbocycles. The fourth-order valence-electron chi connectivity index (χ4n) is 1.47. The first-order chi connectivity index (χ1) is 9.08. The number of benzene rings is 1. The second-order valence-electron chi connectivity index (χ2n) is 3.70. The summed E-state index contributed by atoms with van der Waals surface area (Å²) in [5.41, 5.74) is 0.398. The van der Waals surface area contributed by atoms with E-state index in [2.05, 4.69) is 5.32 Å². The van der Waals surface area contributed by atoms with Crippen molar-refractivity contribution < 1.29 is 24.2 Å². The van der Waals surface area contributed by atoms with Crippen LogP contribution in [0.2, 0.25) is 0 Å². The zero-order valence-corrected chi connectivity index (χ0v) is 10.9. The minimum Gasteiger partial charge on any atom is -0.493 e. The van der Waals surface area contributed by atoms with E-state index in [-0.39, 0.29) is 18.9 Å². The van der Waals surface area contributed by atoms with Gasteiger partial charge in [-0.25, -0.2) is 0 Å². The molecule has 0 spiro atoms. The molecule has 0 unspecified atom stereocenters. The number of aliphatic carboxylic acids is 1. The lowest BCUT2D eigenvalue weighted by atomic mass is 10.2. The van der Waals surface area contributed by atoms with Gasteiger partial charge in [-0.05, 0) is 25.1 Å². The summed E-state index contributed by atoms with van der Waals surface area (Å²) in [5.74, 6) is -0.269. The molecular formula is C13H17NO5. The van der Waals surface area contributed by atoms with Gasteiger partial charge in [0.2, 0.25) is 0 Å². The SMILES string of the molecule is CCOc1cc(C(=O)NCCC(=O)O)ccc1OC. The molecule has 0 aromatic heterocycles. The van der Waals surface area contributed by atoms with Crippen molar-refractivity contribution in [2.24, 2.45) is 0 Å². The summed E-state index contributed by atoms with van der Waals surface area (Å²) in [6.07, 6.45) is -0.111. The molecule has 6 nitrogen and oxygen atoms in total. The highest BCUT2D eigenvalue weighted by Crippen LogP contribution is 2.27. The molecule has 19 heavy (non-hydrogen) atoms. The van der Waals surface area contributed by atoms with Crippen LogP contribution in [-0.4, -0.2) is 37.2 Å². The highest BCUT2D eigenvalue weighted by molar-refractivity contribution is 5.95. The van der Waals surface area contributed by atoms with Crippen molar-refractivity contribution in [1.82, 2.24) is 5.32 Å². The molecule has 1 aromatic carbocycles. The predicted octanol–water partition coefficient (Wildman–Crippen LogP) is 1.30. The molecule has 1 amide bonds. The monoisotopic (exact) mass is 267 g/mol. The standard InChI is InChI=1S/C13H17NO5/c1-3-19-11-8-9(4-5-10(11)18-2)13(17)14-7-6-12(15)16/h4-5,8H,3,6-7H2,1-2H3,(H,14,17)(H,15,16). The van der Waals surface area contributed by atoms with Crippen LogP contribution in [0.3, 0.4) is 0 Å². The van der Waals surface area contributed by atoms with Crippen molar-refractivity contribution >= 4 is 11.9 Å². The van der Waals surface area contributed by atoms with Gasteiger partial charge in [-0.3, -0.25) is 9.59 Å². The Labute approximate surface area is 111 Å². The van der Waals surface area contributed by atoms with Crippen LogP contribution in [0.15, 0.2) is 18.2 Å². The molecule has 0 fully saturated rings. The van der Waals surface area contributed by atoms with E-state index in [0.717, 1.165) is 0 Å². The van der Waals surface area contributed by atoms with Gasteiger partial charge < -0.3 is 19.9 Å². The maximum atomic E-state index is 11.8. The van der Waals surface area contributed by atoms with E-state index in [1.54, 1.807) is 18.2 Å². The van der Waals surface area contributed by atoms with Gasteiger partial charge in [0.25, 0.3) is 5.91 Å². The number of amides is 1. The Morgan fingerprint density at radius 3 is 2.63 bits per heavy atom. The Morgan fingerprint density at radius 1 is 1.32 bits per heavy atom. The Bertz CT molecular complexity index is 458. The summed E-state index contributed by atoms with van der Waals surface area (Å²) in [7, 11) is 1.52. The molecular weight excluding hydrogens is 250 g/mol. The van der Waals surface area contributed by atoms with Gasteiger partial charge in [0.1, 0.15) is 0 Å². The molecule has 6 heteroatoms. The maximum Gasteiger partial charge on any atom is 0.305 e. The molecule has 0 atom stereocenters. The molecule has 0 saturated heterocycles. The summed E-state index contributed by atoms with van der Waals surface area (Å²) in [4.78, 5) is 22.1. The first-order valence-electron chi connectivity index (χ1n) is 5.89. The van der Waals surface area contributed by atoms with Crippen LogP contribution in [0.5, 0.6) is 11.5 Å². The van der Waals surface area contributed by atoms with Crippen LogP contribution in [0.25, 0.3) is 0 Å². The van der Waals surface area contributed by atoms with E-state index in [0.29, 0.717) is 23.7 Å². The summed E-state index contributed by atoms with van der Waals surface area (Å²) in [5, 5.41) is 11.0. The molecule has 104 valence electrons. The number of methoxy groups -OCH3 is 1. The quantitative estimate of drug-likeness (QED) is 0.777. The van der Waals surface area contributed by atoms with Crippen LogP contribution in [-0.2, 0) is 4.79 Å². The van der Waals surface area contributed by atoms with Gasteiger partial charge in [0.05, 0.1) is 20.1 Å². The van der Waals surface area contributed by atoms with Gasteiger partial charge in [-0.2, -0.15) is 0 Å². The van der Waals surface area contributed by atoms with E-state index in [9.17, 15) is 9.59 Å². The lowest BCUT2D eigenvalue weighted by molar-refractivity contribution is -0.136. The number of rotatable bonds is 7. The smallest absolute Gasteiger partial charge is 0.305 e. The first-order valence-corrected chi connectivity index (χ1v) is 5.89. The summed E-state index contributed by atoms with van der Waals surface area (Å²) in [6.45, 7) is 2.38. The maximum absolute atomic E-state index is 11.8. The lowest BCUT2D eigenvalue weighted by Gasteiger charge is -2.11. The molecule has 0 heterocycles. The fourth-order valence-corrected chi connectivity index (χ4v) is 1.47. The normalized spacial score (nSPS) is 9.79. The van der Waals surface area contributed by atoms with Crippen molar-refractivity contribution in [3.63, 3.8) is 0 Å². The molecule has 0 aliphatic carbocycles. The van der Waals surface area contributed by atoms with Crippen molar-refractivity contribution in [2.75, 3.05) is 20.3 Å². The average molecular weight is 267 g/mol. The average Bonchev–Trinajstić information content (AvgIpc) is 2.38. The van der Waals surface area contributed by atoms with E-state index in [1.165, 1.54) is 7.11 Å². The predicted molar refractivity (Wildman–Crippen MR) is 68.7 cm³/mol. The van der Waals surface area contributed by atoms with Crippen LogP contribution >= 0.6 is 0 Å². The van der Waals surface area contributed by atoms with Crippen molar-refractivity contribution in [1.29, 1.82) is 0 Å². The number of carbonyl (C=O) groups excluding carboxylic acids is 1. The number of ether oxygens (including phenoxy) is 2. The third-order valence-corrected chi connectivity index (χ3v) is 2.35. The Kier molecular flexibility index (Phi) is 5.66. The molecule has 2 N–H and O–H groups in total. The largest absolute Gasteiger partial charge is 0.493 e. The second-order valence-corrected chi connectivity index (χ2v) is 3.70. The van der Waals surface area contributed by atoms with E-state index in [4.69, 9.17) is 14.6 Å². The van der Waals surface area contributed by atoms with Gasteiger partial charge in [-0.1, -0.05) is 0 Å². The fraction of sp³-hybridized carbons (Fsp3) is 0.385. The molecule has 1 aromatic rings. The number of carboxylic acid groups (broad SMARTS) is 1. The molecule has 0 aliphatic rings. The minimum atomic E-state index is -0.954. The minimum absolute atomic E-state index is 0.0875. The number of nitrogens with one attached hydrogen (secondary N) is 1. The van der Waals surface area contributed by atoms with Gasteiger partial charge >= 0.3 is 5.97 Å². The number of carbonyl (C=O) groups is 2. The lowest BCUT2D eigenvalue weighted by Crippen LogP contribution is -2.26. The summed E-state index contributed by atoms with van der Waals surface area (Å²) in [6, 6.07) is 4.80. The summed E-state index contributed by atoms with van der Waals surface area (Å²) < 4.78 is 10.5. The van der Waals surface area contributed by atoms with E-state index >= 15 is 0 Å². The number of hydrogen-bond acceptors (Lipinski definition) is 4. The molecule has 1 rings (SSSR count). The zero-order chi connectivity index (χ0) is 14.3. The Hall–Kier alpha value is -2.24. The zero-order valence-electron chi connectivity index (χ0n) is 10.9. The Balaban J connectivity index is 2.74. The van der Waals surface area contributed by atoms with Crippen LogP contribution in [0.1, 0.15) is 23.7 Å².